The normalized spacial score (nSPS) is 15.2. The fourth-order valence-electron chi connectivity index (χ4n) is 2.01. The molecule has 18 heavy (non-hydrogen) atoms. The predicted molar refractivity (Wildman–Crippen MR) is 65.7 cm³/mol. The zero-order valence-electron chi connectivity index (χ0n) is 10.1. The zero-order valence-corrected chi connectivity index (χ0v) is 10.1. The van der Waals surface area contributed by atoms with E-state index in [-0.39, 0.29) is 5.56 Å². The molecule has 0 unspecified atom stereocenters. The highest BCUT2D eigenvalue weighted by molar-refractivity contribution is 5.89. The van der Waals surface area contributed by atoms with E-state index in [1.54, 1.807) is 6.92 Å². The number of hydrogen-bond acceptors (Lipinski definition) is 5. The molecular weight excluding hydrogens is 232 g/mol. The zero-order chi connectivity index (χ0) is 13.1. The van der Waals surface area contributed by atoms with Crippen molar-refractivity contribution in [2.24, 2.45) is 0 Å². The molecule has 0 atom stereocenters. The minimum Gasteiger partial charge on any atom is -0.478 e. The minimum absolute atomic E-state index is 0.0884. The van der Waals surface area contributed by atoms with E-state index in [4.69, 9.17) is 10.4 Å². The summed E-state index contributed by atoms with van der Waals surface area (Å²) in [4.78, 5) is 17.3. The standard InChI is InChI=1S/C12H14N4O2/c1-8-10(12(17)18)6-9(7-13)11(15-8)16-4-2-14-3-5-16/h6,14H,2-5H2,1H3,(H,17,18). The summed E-state index contributed by atoms with van der Waals surface area (Å²) in [5, 5.41) is 21.4. The van der Waals surface area contributed by atoms with Gasteiger partial charge in [-0.05, 0) is 13.0 Å². The van der Waals surface area contributed by atoms with Crippen LogP contribution in [-0.4, -0.2) is 42.2 Å². The van der Waals surface area contributed by atoms with Gasteiger partial charge in [-0.15, -0.1) is 0 Å². The summed E-state index contributed by atoms with van der Waals surface area (Å²) in [5.74, 6) is -0.468. The van der Waals surface area contributed by atoms with Gasteiger partial charge in [-0.3, -0.25) is 0 Å². The fourth-order valence-corrected chi connectivity index (χ4v) is 2.01. The molecule has 94 valence electrons. The van der Waals surface area contributed by atoms with Gasteiger partial charge in [0.25, 0.3) is 0 Å². The summed E-state index contributed by atoms with van der Waals surface area (Å²) >= 11 is 0. The number of carboxylic acids is 1. The van der Waals surface area contributed by atoms with Crippen LogP contribution in [0.4, 0.5) is 5.82 Å². The van der Waals surface area contributed by atoms with Crippen molar-refractivity contribution in [3.05, 3.63) is 22.9 Å². The molecule has 0 bridgehead atoms. The van der Waals surface area contributed by atoms with Gasteiger partial charge in [0.1, 0.15) is 11.9 Å². The number of nitrogens with zero attached hydrogens (tertiary/aromatic N) is 3. The van der Waals surface area contributed by atoms with Gasteiger partial charge in [0.2, 0.25) is 0 Å². The van der Waals surface area contributed by atoms with E-state index in [0.717, 1.165) is 26.2 Å². The molecule has 6 nitrogen and oxygen atoms in total. The van der Waals surface area contributed by atoms with E-state index >= 15 is 0 Å². The van der Waals surface area contributed by atoms with E-state index < -0.39 is 5.97 Å². The number of nitrogens with one attached hydrogen (secondary N) is 1. The number of carbonyl (C=O) groups is 1. The summed E-state index contributed by atoms with van der Waals surface area (Å²) in [6.07, 6.45) is 0. The Labute approximate surface area is 105 Å². The van der Waals surface area contributed by atoms with Crippen molar-refractivity contribution in [1.82, 2.24) is 10.3 Å². The molecule has 0 saturated carbocycles. The van der Waals surface area contributed by atoms with Gasteiger partial charge < -0.3 is 15.3 Å². The Morgan fingerprint density at radius 2 is 2.22 bits per heavy atom. The van der Waals surface area contributed by atoms with Crippen LogP contribution in [-0.2, 0) is 0 Å². The summed E-state index contributed by atoms with van der Waals surface area (Å²) in [6.45, 7) is 4.87. The number of aromatic nitrogens is 1. The maximum Gasteiger partial charge on any atom is 0.337 e. The van der Waals surface area contributed by atoms with Crippen molar-refractivity contribution in [2.45, 2.75) is 6.92 Å². The van der Waals surface area contributed by atoms with Crippen LogP contribution in [0.1, 0.15) is 21.6 Å². The van der Waals surface area contributed by atoms with Crippen molar-refractivity contribution in [2.75, 3.05) is 31.1 Å². The van der Waals surface area contributed by atoms with E-state index in [9.17, 15) is 4.79 Å². The molecule has 0 amide bonds. The van der Waals surface area contributed by atoms with E-state index in [2.05, 4.69) is 10.3 Å². The third-order valence-electron chi connectivity index (χ3n) is 2.96. The fraction of sp³-hybridized carbons (Fsp3) is 0.417. The number of piperazine rings is 1. The van der Waals surface area contributed by atoms with Crippen LogP contribution in [0.5, 0.6) is 0 Å². The van der Waals surface area contributed by atoms with Gasteiger partial charge in [-0.2, -0.15) is 5.26 Å². The number of nitriles is 1. The van der Waals surface area contributed by atoms with Crippen molar-refractivity contribution in [3.63, 3.8) is 0 Å². The quantitative estimate of drug-likeness (QED) is 0.783. The number of aromatic carboxylic acids is 1. The average molecular weight is 246 g/mol. The molecule has 1 saturated heterocycles. The molecule has 2 heterocycles. The second-order valence-corrected chi connectivity index (χ2v) is 4.15. The Morgan fingerprint density at radius 3 is 2.78 bits per heavy atom. The molecular formula is C12H14N4O2. The minimum atomic E-state index is -1.05. The first-order valence-electron chi connectivity index (χ1n) is 5.74. The molecule has 6 heteroatoms. The topological polar surface area (TPSA) is 89.3 Å². The van der Waals surface area contributed by atoms with E-state index in [1.807, 2.05) is 11.0 Å². The maximum absolute atomic E-state index is 11.0. The molecule has 1 aliphatic rings. The molecule has 0 aromatic carbocycles. The lowest BCUT2D eigenvalue weighted by Crippen LogP contribution is -2.44. The van der Waals surface area contributed by atoms with Gasteiger partial charge in [-0.1, -0.05) is 0 Å². The van der Waals surface area contributed by atoms with Crippen molar-refractivity contribution in [3.8, 4) is 6.07 Å². The molecule has 1 aliphatic heterocycles. The molecule has 0 aliphatic carbocycles. The first-order valence-corrected chi connectivity index (χ1v) is 5.74. The molecule has 2 rings (SSSR count). The van der Waals surface area contributed by atoms with Crippen LogP contribution in [0.3, 0.4) is 0 Å². The number of carboxylic acid groups (broad SMARTS) is 1. The molecule has 0 spiro atoms. The molecule has 1 fully saturated rings. The lowest BCUT2D eigenvalue weighted by Gasteiger charge is -2.29. The first kappa shape index (κ1) is 12.3. The molecule has 1 aromatic heterocycles. The summed E-state index contributed by atoms with van der Waals surface area (Å²) < 4.78 is 0. The van der Waals surface area contributed by atoms with Crippen LogP contribution >= 0.6 is 0 Å². The number of aryl methyl sites for hydroxylation is 1. The summed E-state index contributed by atoms with van der Waals surface area (Å²) in [5.41, 5.74) is 0.848. The number of anilines is 1. The monoisotopic (exact) mass is 246 g/mol. The number of rotatable bonds is 2. The molecule has 2 N–H and O–H groups in total. The number of pyridine rings is 1. The average Bonchev–Trinajstić information content (AvgIpc) is 2.39. The molecule has 0 radical (unpaired) electrons. The second-order valence-electron chi connectivity index (χ2n) is 4.15. The Balaban J connectivity index is 2.44. The van der Waals surface area contributed by atoms with Gasteiger partial charge in [0.05, 0.1) is 16.8 Å². The van der Waals surface area contributed by atoms with Crippen molar-refractivity contribution < 1.29 is 9.90 Å². The number of hydrogen-bond donors (Lipinski definition) is 2. The van der Waals surface area contributed by atoms with E-state index in [1.165, 1.54) is 6.07 Å². The second kappa shape index (κ2) is 5.02. The Morgan fingerprint density at radius 1 is 1.56 bits per heavy atom. The van der Waals surface area contributed by atoms with Crippen LogP contribution in [0.2, 0.25) is 0 Å². The largest absolute Gasteiger partial charge is 0.478 e. The van der Waals surface area contributed by atoms with Crippen LogP contribution in [0, 0.1) is 18.3 Å². The van der Waals surface area contributed by atoms with Gasteiger partial charge >= 0.3 is 5.97 Å². The Hall–Kier alpha value is -2.13. The van der Waals surface area contributed by atoms with E-state index in [0.29, 0.717) is 17.1 Å². The first-order chi connectivity index (χ1) is 8.63. The lowest BCUT2D eigenvalue weighted by molar-refractivity contribution is 0.0695. The van der Waals surface area contributed by atoms with Crippen molar-refractivity contribution in [1.29, 1.82) is 5.26 Å². The van der Waals surface area contributed by atoms with Gasteiger partial charge in [0, 0.05) is 26.2 Å². The van der Waals surface area contributed by atoms with Crippen LogP contribution < -0.4 is 10.2 Å². The Kier molecular flexibility index (Phi) is 3.44. The lowest BCUT2D eigenvalue weighted by atomic mass is 10.1. The highest BCUT2D eigenvalue weighted by atomic mass is 16.4. The smallest absolute Gasteiger partial charge is 0.337 e. The van der Waals surface area contributed by atoms with Gasteiger partial charge in [-0.25, -0.2) is 9.78 Å². The summed E-state index contributed by atoms with van der Waals surface area (Å²) in [7, 11) is 0. The Bertz CT molecular complexity index is 516. The highest BCUT2D eigenvalue weighted by Crippen LogP contribution is 2.21. The summed E-state index contributed by atoms with van der Waals surface area (Å²) in [6, 6.07) is 3.43. The van der Waals surface area contributed by atoms with Crippen LogP contribution in [0.15, 0.2) is 6.07 Å². The third-order valence-corrected chi connectivity index (χ3v) is 2.96. The predicted octanol–water partition coefficient (Wildman–Crippen LogP) is 0.369. The third kappa shape index (κ3) is 2.26. The highest BCUT2D eigenvalue weighted by Gasteiger charge is 2.19. The van der Waals surface area contributed by atoms with Crippen LogP contribution in [0.25, 0.3) is 0 Å². The molecule has 1 aromatic rings. The van der Waals surface area contributed by atoms with Gasteiger partial charge in [0.15, 0.2) is 0 Å². The maximum atomic E-state index is 11.0. The SMILES string of the molecule is Cc1nc(N2CCNCC2)c(C#N)cc1C(=O)O. The van der Waals surface area contributed by atoms with Crippen molar-refractivity contribution >= 4 is 11.8 Å².